The molecule has 0 amide bonds. The molecule has 0 unspecified atom stereocenters. The van der Waals surface area contributed by atoms with Gasteiger partial charge in [-0.1, -0.05) is 24.3 Å². The molecule has 2 aliphatic rings. The zero-order chi connectivity index (χ0) is 44.7. The summed E-state index contributed by atoms with van der Waals surface area (Å²) in [6.45, 7) is 18.8. The van der Waals surface area contributed by atoms with Crippen LogP contribution < -0.4 is 9.80 Å². The van der Waals surface area contributed by atoms with Crippen molar-refractivity contribution >= 4 is 69.7 Å². The van der Waals surface area contributed by atoms with E-state index in [1.165, 1.54) is 21.3 Å². The number of piperidine rings is 2. The Kier molecular flexibility index (Phi) is 21.1. The lowest BCUT2D eigenvalue weighted by molar-refractivity contribution is -0.259. The molecule has 0 atom stereocenters. The zero-order valence-electron chi connectivity index (χ0n) is 37.3. The first kappa shape index (κ1) is 52.3. The van der Waals surface area contributed by atoms with Crippen molar-refractivity contribution in [3.63, 3.8) is 0 Å². The number of carbonyl (C=O) groups is 2. The van der Waals surface area contributed by atoms with Gasteiger partial charge in [-0.15, -0.1) is 46.4 Å². The average Bonchev–Trinajstić information content (AvgIpc) is 3.16. The van der Waals surface area contributed by atoms with Crippen molar-refractivity contribution in [3.8, 4) is 0 Å². The van der Waals surface area contributed by atoms with E-state index in [-0.39, 0.29) is 24.1 Å². The molecule has 0 bridgehead atoms. The Morgan fingerprint density at radius 1 is 0.550 bits per heavy atom. The number of esters is 2. The summed E-state index contributed by atoms with van der Waals surface area (Å²) >= 11 is 23.5. The second kappa shape index (κ2) is 24.2. The van der Waals surface area contributed by atoms with Gasteiger partial charge in [0.15, 0.2) is 0 Å². The summed E-state index contributed by atoms with van der Waals surface area (Å²) in [7, 11) is 0. The molecular formula is C46H72Cl4N4O6. The van der Waals surface area contributed by atoms with E-state index in [0.717, 1.165) is 63.2 Å². The van der Waals surface area contributed by atoms with E-state index in [1.54, 1.807) is 0 Å². The fraction of sp³-hybridized carbons (Fsp3) is 0.696. The molecule has 0 aliphatic carbocycles. The van der Waals surface area contributed by atoms with Crippen LogP contribution in [0, 0.1) is 0 Å². The molecule has 0 aromatic heterocycles. The molecule has 4 rings (SSSR count). The van der Waals surface area contributed by atoms with E-state index >= 15 is 0 Å². The second-order valence-electron chi connectivity index (χ2n) is 18.7. The molecule has 2 aromatic carbocycles. The molecular weight excluding hydrogens is 846 g/mol. The molecule has 0 radical (unpaired) electrons. The normalized spacial score (nSPS) is 18.9. The lowest BCUT2D eigenvalue weighted by Gasteiger charge is -2.50. The highest BCUT2D eigenvalue weighted by molar-refractivity contribution is 6.19. The van der Waals surface area contributed by atoms with Crippen molar-refractivity contribution < 1.29 is 29.5 Å². The Labute approximate surface area is 380 Å². The van der Waals surface area contributed by atoms with Gasteiger partial charge in [0.05, 0.1) is 0 Å². The van der Waals surface area contributed by atoms with Crippen molar-refractivity contribution in [3.05, 3.63) is 59.7 Å². The first-order valence-corrected chi connectivity index (χ1v) is 23.6. The lowest BCUT2D eigenvalue weighted by atomic mass is 9.80. The molecule has 0 spiro atoms. The molecule has 2 N–H and O–H groups in total. The second-order valence-corrected chi connectivity index (χ2v) is 20.2. The van der Waals surface area contributed by atoms with Gasteiger partial charge in [-0.2, -0.15) is 10.1 Å². The first-order chi connectivity index (χ1) is 28.2. The number of benzene rings is 2. The Morgan fingerprint density at radius 2 is 0.817 bits per heavy atom. The SMILES string of the molecule is CC1(C)CC(OC(=O)CCCc2ccc(N(CCCl)CCCl)cc2)CC(C)(C)N1O.CC1(C)CC(OC(=O)CCCc2ccc(N(CCCl)CCCl)cc2)CC(C)(C)N1O. The van der Waals surface area contributed by atoms with Crippen LogP contribution in [0.25, 0.3) is 0 Å². The maximum Gasteiger partial charge on any atom is 0.306 e. The standard InChI is InChI=1S/2C23H36Cl2N2O3/c2*1-22(2)16-20(17-23(3,4)27(22)29)30-21(28)7-5-6-18-8-10-19(11-9-18)26(14-12-24)15-13-25/h2*8-11,20,29H,5-7,12-17H2,1-4H3. The Hall–Kier alpha value is -2.02. The van der Waals surface area contributed by atoms with Crippen LogP contribution in [-0.2, 0) is 31.9 Å². The molecule has 60 heavy (non-hydrogen) atoms. The number of rotatable bonds is 20. The van der Waals surface area contributed by atoms with Crippen molar-refractivity contribution in [2.75, 3.05) is 59.5 Å². The van der Waals surface area contributed by atoms with Gasteiger partial charge in [-0.25, -0.2) is 0 Å². The van der Waals surface area contributed by atoms with Gasteiger partial charge in [-0.05, 0) is 116 Å². The van der Waals surface area contributed by atoms with Crippen LogP contribution >= 0.6 is 46.4 Å². The number of nitrogens with zero attached hydrogens (tertiary/aromatic N) is 4. The van der Waals surface area contributed by atoms with Crippen LogP contribution in [0.5, 0.6) is 0 Å². The number of anilines is 2. The smallest absolute Gasteiger partial charge is 0.306 e. The highest BCUT2D eigenvalue weighted by atomic mass is 35.5. The number of aryl methyl sites for hydroxylation is 2. The minimum atomic E-state index is -0.421. The molecule has 2 aromatic rings. The van der Waals surface area contributed by atoms with Gasteiger partial charge < -0.3 is 29.7 Å². The zero-order valence-corrected chi connectivity index (χ0v) is 40.4. The summed E-state index contributed by atoms with van der Waals surface area (Å²) in [4.78, 5) is 29.1. The summed E-state index contributed by atoms with van der Waals surface area (Å²) in [5.41, 5.74) is 2.92. The highest BCUT2D eigenvalue weighted by Crippen LogP contribution is 2.39. The number of carbonyl (C=O) groups excluding carboxylic acids is 2. The number of hydrogen-bond acceptors (Lipinski definition) is 10. The van der Waals surface area contributed by atoms with Gasteiger partial charge in [0.2, 0.25) is 0 Å². The average molecular weight is 919 g/mol. The van der Waals surface area contributed by atoms with Crippen LogP contribution in [0.1, 0.15) is 118 Å². The fourth-order valence-electron chi connectivity index (χ4n) is 8.78. The molecule has 2 aliphatic heterocycles. The summed E-state index contributed by atoms with van der Waals surface area (Å²) in [5.74, 6) is 1.92. The molecule has 14 heteroatoms. The minimum absolute atomic E-state index is 0.162. The number of hydrogen-bond donors (Lipinski definition) is 2. The maximum atomic E-state index is 12.4. The molecule has 10 nitrogen and oxygen atoms in total. The van der Waals surface area contributed by atoms with Crippen molar-refractivity contribution in [2.45, 2.75) is 154 Å². The van der Waals surface area contributed by atoms with E-state index in [9.17, 15) is 20.0 Å². The number of halogens is 4. The van der Waals surface area contributed by atoms with E-state index in [1.807, 2.05) is 55.4 Å². The minimum Gasteiger partial charge on any atom is -0.462 e. The van der Waals surface area contributed by atoms with Gasteiger partial charge in [0.1, 0.15) is 12.2 Å². The van der Waals surface area contributed by atoms with Crippen LogP contribution in [0.4, 0.5) is 11.4 Å². The Bertz CT molecular complexity index is 1430. The topological polar surface area (TPSA) is 106 Å². The Balaban J connectivity index is 0.000000320. The monoisotopic (exact) mass is 916 g/mol. The predicted octanol–water partition coefficient (Wildman–Crippen LogP) is 10.5. The van der Waals surface area contributed by atoms with Crippen LogP contribution in [0.3, 0.4) is 0 Å². The van der Waals surface area contributed by atoms with E-state index in [4.69, 9.17) is 55.9 Å². The molecule has 2 fully saturated rings. The largest absolute Gasteiger partial charge is 0.462 e. The number of hydroxylamine groups is 4. The van der Waals surface area contributed by atoms with Gasteiger partial charge in [-0.3, -0.25) is 9.59 Å². The van der Waals surface area contributed by atoms with Crippen LogP contribution in [0.15, 0.2) is 48.5 Å². The Morgan fingerprint density at radius 3 is 1.07 bits per heavy atom. The van der Waals surface area contributed by atoms with Gasteiger partial charge in [0, 0.05) is 122 Å². The summed E-state index contributed by atoms with van der Waals surface area (Å²) < 4.78 is 11.5. The van der Waals surface area contributed by atoms with Crippen LogP contribution in [-0.4, -0.2) is 117 Å². The maximum absolute atomic E-state index is 12.4. The third kappa shape index (κ3) is 16.3. The third-order valence-electron chi connectivity index (χ3n) is 11.5. The number of ether oxygens (including phenoxy) is 2. The predicted molar refractivity (Wildman–Crippen MR) is 248 cm³/mol. The van der Waals surface area contributed by atoms with Crippen molar-refractivity contribution in [1.82, 2.24) is 10.1 Å². The first-order valence-electron chi connectivity index (χ1n) is 21.5. The quantitative estimate of drug-likeness (QED) is 0.0985. The summed E-state index contributed by atoms with van der Waals surface area (Å²) in [6.07, 6.45) is 6.11. The van der Waals surface area contributed by atoms with Gasteiger partial charge >= 0.3 is 11.9 Å². The van der Waals surface area contributed by atoms with E-state index in [0.29, 0.717) is 62.0 Å². The van der Waals surface area contributed by atoms with Gasteiger partial charge in [0.25, 0.3) is 0 Å². The summed E-state index contributed by atoms with van der Waals surface area (Å²) in [6, 6.07) is 16.7. The van der Waals surface area contributed by atoms with Crippen molar-refractivity contribution in [1.29, 1.82) is 0 Å². The molecule has 340 valence electrons. The van der Waals surface area contributed by atoms with Crippen LogP contribution in [0.2, 0.25) is 0 Å². The van der Waals surface area contributed by atoms with E-state index in [2.05, 4.69) is 58.3 Å². The number of alkyl halides is 4. The van der Waals surface area contributed by atoms with Crippen molar-refractivity contribution in [2.24, 2.45) is 0 Å². The van der Waals surface area contributed by atoms with E-state index < -0.39 is 22.2 Å². The highest BCUT2D eigenvalue weighted by Gasteiger charge is 2.47. The molecule has 2 heterocycles. The lowest BCUT2D eigenvalue weighted by Crippen LogP contribution is -2.60. The third-order valence-corrected chi connectivity index (χ3v) is 12.2. The fourth-order valence-corrected chi connectivity index (χ4v) is 9.60. The summed E-state index contributed by atoms with van der Waals surface area (Å²) in [5, 5.41) is 23.5. The molecule has 2 saturated heterocycles. The molecule has 0 saturated carbocycles.